The number of hydrogen-bond donors (Lipinski definition) is 2. The molecule has 1 aliphatic carbocycles. The summed E-state index contributed by atoms with van der Waals surface area (Å²) in [6.45, 7) is 1.14. The Balaban J connectivity index is 2.03. The highest BCUT2D eigenvalue weighted by molar-refractivity contribution is 5.36. The van der Waals surface area contributed by atoms with Gasteiger partial charge in [-0.15, -0.1) is 0 Å². The zero-order valence-corrected chi connectivity index (χ0v) is 10.6. The van der Waals surface area contributed by atoms with E-state index < -0.39 is 11.9 Å². The molecule has 0 amide bonds. The second-order valence-corrected chi connectivity index (χ2v) is 5.17. The normalized spacial score (nSPS) is 18.5. The lowest BCUT2D eigenvalue weighted by molar-refractivity contribution is -0.141. The Morgan fingerprint density at radius 3 is 2.53 bits per heavy atom. The topological polar surface area (TPSA) is 50.9 Å². The molecule has 19 heavy (non-hydrogen) atoms. The summed E-state index contributed by atoms with van der Waals surface area (Å²) in [6.07, 6.45) is -0.0919. The Kier molecular flexibility index (Phi) is 3.99. The van der Waals surface area contributed by atoms with E-state index in [0.717, 1.165) is 31.7 Å². The lowest BCUT2D eigenvalue weighted by Crippen LogP contribution is -2.34. The van der Waals surface area contributed by atoms with Gasteiger partial charge in [-0.2, -0.15) is 13.2 Å². The molecule has 1 fully saturated rings. The summed E-state index contributed by atoms with van der Waals surface area (Å²) in [4.78, 5) is 3.59. The van der Waals surface area contributed by atoms with Crippen molar-refractivity contribution in [2.75, 3.05) is 18.4 Å². The van der Waals surface area contributed by atoms with Crippen LogP contribution in [0.1, 0.15) is 31.4 Å². The molecule has 6 heteroatoms. The molecule has 0 radical (unpaired) electrons. The van der Waals surface area contributed by atoms with Crippen molar-refractivity contribution in [3.8, 4) is 0 Å². The van der Waals surface area contributed by atoms with E-state index in [1.54, 1.807) is 6.07 Å². The van der Waals surface area contributed by atoms with Crippen LogP contribution in [0, 0.1) is 5.41 Å². The third kappa shape index (κ3) is 3.37. The Hall–Kier alpha value is -1.30. The maximum Gasteiger partial charge on any atom is 0.433 e. The largest absolute Gasteiger partial charge is 0.433 e. The molecule has 0 unspecified atom stereocenters. The lowest BCUT2D eigenvalue weighted by Gasteiger charge is -2.27. The van der Waals surface area contributed by atoms with Gasteiger partial charge in [-0.3, -0.25) is 0 Å². The van der Waals surface area contributed by atoms with Crippen LogP contribution in [0.4, 0.5) is 19.0 Å². The summed E-state index contributed by atoms with van der Waals surface area (Å²) in [5, 5.41) is 3.00. The summed E-state index contributed by atoms with van der Waals surface area (Å²) in [5.74, 6) is 0.259. The van der Waals surface area contributed by atoms with Crippen LogP contribution >= 0.6 is 0 Å². The fourth-order valence-electron chi connectivity index (χ4n) is 2.55. The highest BCUT2D eigenvalue weighted by atomic mass is 19.4. The summed E-state index contributed by atoms with van der Waals surface area (Å²) in [5.41, 5.74) is 4.93. The average molecular weight is 273 g/mol. The minimum Gasteiger partial charge on any atom is -0.369 e. The molecule has 1 aromatic heterocycles. The van der Waals surface area contributed by atoms with Gasteiger partial charge in [0.25, 0.3) is 0 Å². The van der Waals surface area contributed by atoms with Crippen molar-refractivity contribution < 1.29 is 13.2 Å². The molecule has 1 heterocycles. The number of alkyl halides is 3. The minimum absolute atomic E-state index is 0.00984. The Morgan fingerprint density at radius 2 is 1.95 bits per heavy atom. The molecule has 0 aliphatic heterocycles. The molecule has 1 aliphatic rings. The molecule has 3 nitrogen and oxygen atoms in total. The Morgan fingerprint density at radius 1 is 1.26 bits per heavy atom. The fraction of sp³-hybridized carbons (Fsp3) is 0.615. The van der Waals surface area contributed by atoms with Gasteiger partial charge >= 0.3 is 6.18 Å². The van der Waals surface area contributed by atoms with Crippen LogP contribution in [-0.2, 0) is 6.18 Å². The molecule has 2 rings (SSSR count). The zero-order valence-electron chi connectivity index (χ0n) is 10.6. The smallest absolute Gasteiger partial charge is 0.369 e. The van der Waals surface area contributed by atoms with E-state index in [2.05, 4.69) is 10.3 Å². The van der Waals surface area contributed by atoms with Crippen molar-refractivity contribution in [2.24, 2.45) is 11.1 Å². The monoisotopic (exact) mass is 273 g/mol. The zero-order chi connectivity index (χ0) is 13.9. The van der Waals surface area contributed by atoms with E-state index in [-0.39, 0.29) is 11.2 Å². The standard InChI is InChI=1S/C13H18F3N3/c14-13(15,16)10-4-3-5-11(19-10)18-9-12(8-17)6-1-2-7-12/h3-5H,1-2,6-9,17H2,(H,18,19). The summed E-state index contributed by atoms with van der Waals surface area (Å²) in [7, 11) is 0. The van der Waals surface area contributed by atoms with E-state index in [1.807, 2.05) is 0 Å². The molecular weight excluding hydrogens is 255 g/mol. The van der Waals surface area contributed by atoms with Gasteiger partial charge in [0.2, 0.25) is 0 Å². The molecule has 0 aromatic carbocycles. The van der Waals surface area contributed by atoms with Crippen molar-refractivity contribution in [1.82, 2.24) is 4.98 Å². The van der Waals surface area contributed by atoms with E-state index in [9.17, 15) is 13.2 Å². The maximum atomic E-state index is 12.5. The fourth-order valence-corrected chi connectivity index (χ4v) is 2.55. The molecule has 0 bridgehead atoms. The van der Waals surface area contributed by atoms with Crippen LogP contribution in [0.2, 0.25) is 0 Å². The first-order chi connectivity index (χ1) is 8.95. The second-order valence-electron chi connectivity index (χ2n) is 5.17. The Labute approximate surface area is 110 Å². The van der Waals surface area contributed by atoms with E-state index >= 15 is 0 Å². The van der Waals surface area contributed by atoms with Gasteiger partial charge in [0.05, 0.1) is 0 Å². The van der Waals surface area contributed by atoms with Crippen LogP contribution in [0.25, 0.3) is 0 Å². The number of halogens is 3. The number of pyridine rings is 1. The summed E-state index contributed by atoms with van der Waals surface area (Å²) >= 11 is 0. The summed E-state index contributed by atoms with van der Waals surface area (Å²) < 4.78 is 37.6. The molecule has 1 saturated carbocycles. The predicted molar refractivity (Wildman–Crippen MR) is 67.7 cm³/mol. The highest BCUT2D eigenvalue weighted by Gasteiger charge is 2.34. The van der Waals surface area contributed by atoms with E-state index in [1.165, 1.54) is 6.07 Å². The van der Waals surface area contributed by atoms with Crippen LogP contribution in [-0.4, -0.2) is 18.1 Å². The first-order valence-electron chi connectivity index (χ1n) is 6.43. The number of nitrogens with one attached hydrogen (secondary N) is 1. The van der Waals surface area contributed by atoms with Crippen LogP contribution in [0.3, 0.4) is 0 Å². The van der Waals surface area contributed by atoms with Crippen molar-refractivity contribution in [3.63, 3.8) is 0 Å². The van der Waals surface area contributed by atoms with Crippen LogP contribution in [0.5, 0.6) is 0 Å². The maximum absolute atomic E-state index is 12.5. The number of anilines is 1. The van der Waals surface area contributed by atoms with Gasteiger partial charge in [-0.1, -0.05) is 18.9 Å². The third-order valence-electron chi connectivity index (χ3n) is 3.78. The lowest BCUT2D eigenvalue weighted by atomic mass is 9.86. The van der Waals surface area contributed by atoms with Crippen molar-refractivity contribution >= 4 is 5.82 Å². The number of hydrogen-bond acceptors (Lipinski definition) is 3. The summed E-state index contributed by atoms with van der Waals surface area (Å²) in [6, 6.07) is 3.88. The highest BCUT2D eigenvalue weighted by Crippen LogP contribution is 2.37. The third-order valence-corrected chi connectivity index (χ3v) is 3.78. The van der Waals surface area contributed by atoms with E-state index in [0.29, 0.717) is 13.1 Å². The second kappa shape index (κ2) is 5.36. The number of nitrogens with two attached hydrogens (primary N) is 1. The predicted octanol–water partition coefficient (Wildman–Crippen LogP) is 3.03. The van der Waals surface area contributed by atoms with Gasteiger partial charge < -0.3 is 11.1 Å². The van der Waals surface area contributed by atoms with Gasteiger partial charge in [-0.05, 0) is 36.9 Å². The average Bonchev–Trinajstić information content (AvgIpc) is 2.85. The van der Waals surface area contributed by atoms with Gasteiger partial charge in [0, 0.05) is 6.54 Å². The number of rotatable bonds is 4. The van der Waals surface area contributed by atoms with Crippen LogP contribution < -0.4 is 11.1 Å². The number of aromatic nitrogens is 1. The minimum atomic E-state index is -4.41. The van der Waals surface area contributed by atoms with Gasteiger partial charge in [-0.25, -0.2) is 4.98 Å². The van der Waals surface area contributed by atoms with Crippen LogP contribution in [0.15, 0.2) is 18.2 Å². The quantitative estimate of drug-likeness (QED) is 0.886. The first kappa shape index (κ1) is 14.1. The molecular formula is C13H18F3N3. The van der Waals surface area contributed by atoms with Crippen molar-refractivity contribution in [3.05, 3.63) is 23.9 Å². The molecule has 3 N–H and O–H groups in total. The van der Waals surface area contributed by atoms with Crippen molar-refractivity contribution in [2.45, 2.75) is 31.9 Å². The first-order valence-corrected chi connectivity index (χ1v) is 6.43. The van der Waals surface area contributed by atoms with Gasteiger partial charge in [0.1, 0.15) is 11.5 Å². The van der Waals surface area contributed by atoms with Gasteiger partial charge in [0.15, 0.2) is 0 Å². The molecule has 106 valence electrons. The SMILES string of the molecule is NCC1(CNc2cccc(C(F)(F)F)n2)CCCC1. The number of nitrogens with zero attached hydrogens (tertiary/aromatic N) is 1. The van der Waals surface area contributed by atoms with E-state index in [4.69, 9.17) is 5.73 Å². The molecule has 0 spiro atoms. The Bertz CT molecular complexity index is 425. The molecule has 1 aromatic rings. The molecule has 0 atom stereocenters. The molecule has 0 saturated heterocycles. The van der Waals surface area contributed by atoms with Crippen molar-refractivity contribution in [1.29, 1.82) is 0 Å².